The lowest BCUT2D eigenvalue weighted by atomic mass is 9.85. The van der Waals surface area contributed by atoms with Crippen LogP contribution in [0.4, 0.5) is 16.6 Å². The molecule has 5 aromatic rings. The molecule has 0 spiro atoms. The lowest BCUT2D eigenvalue weighted by Crippen LogP contribution is -2.43. The number of benzene rings is 2. The predicted molar refractivity (Wildman–Crippen MR) is 211 cm³/mol. The third kappa shape index (κ3) is 8.14. The molecule has 0 radical (unpaired) electrons. The number of ether oxygens (including phenoxy) is 2. The molecule has 1 aliphatic heterocycles. The van der Waals surface area contributed by atoms with Gasteiger partial charge < -0.3 is 34.5 Å². The minimum absolute atomic E-state index is 0.171. The van der Waals surface area contributed by atoms with Crippen molar-refractivity contribution in [2.75, 3.05) is 50.4 Å². The van der Waals surface area contributed by atoms with Crippen molar-refractivity contribution < 1.29 is 29.0 Å². The zero-order chi connectivity index (χ0) is 39.4. The summed E-state index contributed by atoms with van der Waals surface area (Å²) in [5.41, 5.74) is 2.89. The number of carbonyl (C=O) groups excluding carboxylic acids is 2. The Bertz CT molecular complexity index is 2150. The van der Waals surface area contributed by atoms with Crippen LogP contribution in [0.25, 0.3) is 11.3 Å². The van der Waals surface area contributed by atoms with E-state index in [4.69, 9.17) is 19.4 Å². The maximum absolute atomic E-state index is 14.2. The van der Waals surface area contributed by atoms with Gasteiger partial charge in [-0.15, -0.1) is 15.3 Å². The van der Waals surface area contributed by atoms with E-state index in [9.17, 15) is 14.7 Å². The van der Waals surface area contributed by atoms with E-state index >= 15 is 0 Å². The van der Waals surface area contributed by atoms with Crippen LogP contribution < -0.4 is 24.8 Å². The number of pyridine rings is 1. The fourth-order valence-corrected chi connectivity index (χ4v) is 7.33. The standard InChI is InChI=1S/C41H51N9O6/c1-28-11-8-9-20-47(28)39-44-43-37-19-16-31(25-48(37)39)56-35-18-17-34(32-14-6-7-15-33(32)35)42-40(53)50(55-27-52)38-24-36(41(2,3)26-51)45-49(38)29-12-10-13-30(23-29)54-22-21-46(4)5/h6-7,10,12-16,19,23-25,27-28,34-35,51H,8-9,11,17-18,20-22,26H2,1-5H3,(H,42,53)/t28-,34-,35+/m0/s1. The van der Waals surface area contributed by atoms with E-state index in [1.165, 1.54) is 11.1 Å². The number of hydrogen-bond donors (Lipinski definition) is 2. The smallest absolute Gasteiger partial charge is 0.357 e. The topological polar surface area (TPSA) is 152 Å². The fourth-order valence-electron chi connectivity index (χ4n) is 7.33. The molecule has 15 nitrogen and oxygen atoms in total. The molecule has 0 unspecified atom stereocenters. The van der Waals surface area contributed by atoms with Crippen LogP contribution in [0.5, 0.6) is 11.5 Å². The molecule has 15 heteroatoms. The minimum Gasteiger partial charge on any atom is -0.492 e. The fraction of sp³-hybridized carbons (Fsp3) is 0.439. The number of rotatable bonds is 14. The Hall–Kier alpha value is -5.67. The van der Waals surface area contributed by atoms with E-state index in [1.807, 2.05) is 98.0 Å². The van der Waals surface area contributed by atoms with E-state index in [1.54, 1.807) is 12.1 Å². The van der Waals surface area contributed by atoms with Crippen LogP contribution in [-0.4, -0.2) is 93.3 Å². The van der Waals surface area contributed by atoms with Crippen LogP contribution in [0.2, 0.25) is 0 Å². The number of hydroxylamine groups is 1. The van der Waals surface area contributed by atoms with Gasteiger partial charge in [0, 0.05) is 36.7 Å². The quantitative estimate of drug-likeness (QED) is 0.105. The number of anilines is 2. The zero-order valence-electron chi connectivity index (χ0n) is 32.7. The third-order valence-electron chi connectivity index (χ3n) is 10.6. The molecule has 2 amide bonds. The Kier molecular flexibility index (Phi) is 11.4. The summed E-state index contributed by atoms with van der Waals surface area (Å²) in [6, 6.07) is 19.9. The number of aliphatic hydroxyl groups is 1. The summed E-state index contributed by atoms with van der Waals surface area (Å²) in [6.45, 7) is 8.04. The number of aliphatic hydroxyl groups excluding tert-OH is 1. The number of piperidine rings is 1. The van der Waals surface area contributed by atoms with Gasteiger partial charge in [0.25, 0.3) is 0 Å². The summed E-state index contributed by atoms with van der Waals surface area (Å²) < 4.78 is 16.1. The summed E-state index contributed by atoms with van der Waals surface area (Å²) in [7, 11) is 3.94. The number of hydrogen-bond acceptors (Lipinski definition) is 11. The van der Waals surface area contributed by atoms with Gasteiger partial charge in [-0.1, -0.05) is 44.2 Å². The Balaban J connectivity index is 1.14. The van der Waals surface area contributed by atoms with Gasteiger partial charge in [0.1, 0.15) is 24.2 Å². The average Bonchev–Trinajstić information content (AvgIpc) is 3.84. The number of nitrogens with zero attached hydrogens (tertiary/aromatic N) is 8. The highest BCUT2D eigenvalue weighted by Gasteiger charge is 2.34. The highest BCUT2D eigenvalue weighted by molar-refractivity contribution is 5.90. The molecule has 2 N–H and O–H groups in total. The van der Waals surface area contributed by atoms with Gasteiger partial charge in [-0.2, -0.15) is 5.10 Å². The first-order chi connectivity index (χ1) is 27.1. The number of amides is 2. The van der Waals surface area contributed by atoms with Crippen molar-refractivity contribution in [2.24, 2.45) is 0 Å². The van der Waals surface area contributed by atoms with Crippen molar-refractivity contribution in [3.05, 3.63) is 89.7 Å². The molecule has 4 heterocycles. The lowest BCUT2D eigenvalue weighted by molar-refractivity contribution is -0.129. The molecule has 1 aliphatic carbocycles. The van der Waals surface area contributed by atoms with Crippen LogP contribution in [0, 0.1) is 0 Å². The van der Waals surface area contributed by atoms with Crippen LogP contribution in [0.15, 0.2) is 72.9 Å². The van der Waals surface area contributed by atoms with Crippen molar-refractivity contribution >= 4 is 29.9 Å². The van der Waals surface area contributed by atoms with E-state index in [2.05, 4.69) is 27.3 Å². The minimum atomic E-state index is -0.771. The number of nitrogens with one attached hydrogen (secondary N) is 1. The third-order valence-corrected chi connectivity index (χ3v) is 10.6. The maximum atomic E-state index is 14.2. The van der Waals surface area contributed by atoms with Gasteiger partial charge in [-0.25, -0.2) is 9.48 Å². The summed E-state index contributed by atoms with van der Waals surface area (Å²) in [6.07, 6.45) is 6.31. The van der Waals surface area contributed by atoms with Crippen LogP contribution in [-0.2, 0) is 15.0 Å². The van der Waals surface area contributed by atoms with E-state index in [-0.39, 0.29) is 25.0 Å². The number of likely N-dealkylation sites (N-methyl/N-ethyl adjacent to an activating group) is 1. The molecule has 0 bridgehead atoms. The van der Waals surface area contributed by atoms with Crippen LogP contribution in [0.3, 0.4) is 0 Å². The van der Waals surface area contributed by atoms with Crippen molar-refractivity contribution in [2.45, 2.75) is 76.5 Å². The average molecular weight is 766 g/mol. The Morgan fingerprint density at radius 3 is 2.59 bits per heavy atom. The molecule has 1 fully saturated rings. The van der Waals surface area contributed by atoms with Crippen LogP contribution in [0.1, 0.15) is 81.8 Å². The van der Waals surface area contributed by atoms with Crippen molar-refractivity contribution in [3.63, 3.8) is 0 Å². The van der Waals surface area contributed by atoms with Crippen molar-refractivity contribution in [1.82, 2.24) is 34.6 Å². The molecular weight excluding hydrogens is 715 g/mol. The second kappa shape index (κ2) is 16.6. The molecule has 56 heavy (non-hydrogen) atoms. The Morgan fingerprint density at radius 2 is 1.82 bits per heavy atom. The van der Waals surface area contributed by atoms with E-state index < -0.39 is 17.5 Å². The highest BCUT2D eigenvalue weighted by Crippen LogP contribution is 2.40. The van der Waals surface area contributed by atoms with Gasteiger partial charge in [0.15, 0.2) is 11.5 Å². The molecule has 1 saturated heterocycles. The molecule has 0 saturated carbocycles. The SMILES string of the molecule is C[C@H]1CCCCN1c1nnc2ccc(O[C@@H]3CC[C@H](NC(=O)N(OC=O)c4cc(C(C)(C)CO)nn4-c4cccc(OCCN(C)C)c4)c4ccccc43)cn12. The molecule has 296 valence electrons. The van der Waals surface area contributed by atoms with Crippen molar-refractivity contribution in [1.29, 1.82) is 0 Å². The molecule has 3 aromatic heterocycles. The largest absolute Gasteiger partial charge is 0.492 e. The highest BCUT2D eigenvalue weighted by atomic mass is 16.7. The number of carbonyl (C=O) groups is 2. The Morgan fingerprint density at radius 1 is 1.00 bits per heavy atom. The van der Waals surface area contributed by atoms with Gasteiger partial charge in [0.05, 0.1) is 30.2 Å². The predicted octanol–water partition coefficient (Wildman–Crippen LogP) is 5.76. The van der Waals surface area contributed by atoms with Gasteiger partial charge >= 0.3 is 12.5 Å². The summed E-state index contributed by atoms with van der Waals surface area (Å²) in [4.78, 5) is 35.9. The van der Waals surface area contributed by atoms with Gasteiger partial charge in [-0.05, 0) is 88.5 Å². The van der Waals surface area contributed by atoms with E-state index in [0.29, 0.717) is 48.4 Å². The van der Waals surface area contributed by atoms with Gasteiger partial charge in [0.2, 0.25) is 5.95 Å². The molecule has 2 aliphatic rings. The van der Waals surface area contributed by atoms with Crippen molar-refractivity contribution in [3.8, 4) is 17.2 Å². The number of aromatic nitrogens is 5. The monoisotopic (exact) mass is 765 g/mol. The van der Waals surface area contributed by atoms with Gasteiger partial charge in [-0.3, -0.25) is 9.20 Å². The number of urea groups is 1. The normalized spacial score (nSPS) is 18.4. The lowest BCUT2D eigenvalue weighted by Gasteiger charge is -2.34. The molecule has 3 atom stereocenters. The molecular formula is C41H51N9O6. The Labute approximate surface area is 326 Å². The molecule has 7 rings (SSSR count). The second-order valence-corrected chi connectivity index (χ2v) is 15.4. The summed E-state index contributed by atoms with van der Waals surface area (Å²) >= 11 is 0. The first-order valence-electron chi connectivity index (χ1n) is 19.2. The first kappa shape index (κ1) is 38.6. The summed E-state index contributed by atoms with van der Waals surface area (Å²) in [5, 5.41) is 27.9. The zero-order valence-corrected chi connectivity index (χ0v) is 32.7. The maximum Gasteiger partial charge on any atom is 0.357 e. The number of fused-ring (bicyclic) bond motifs is 2. The first-order valence-corrected chi connectivity index (χ1v) is 19.2. The van der Waals surface area contributed by atoms with Crippen LogP contribution >= 0.6 is 0 Å². The second-order valence-electron chi connectivity index (χ2n) is 15.4. The van der Waals surface area contributed by atoms with E-state index in [0.717, 1.165) is 53.7 Å². The molecule has 2 aromatic carbocycles. The summed E-state index contributed by atoms with van der Waals surface area (Å²) in [5.74, 6) is 2.29.